The maximum atomic E-state index is 11.6. The van der Waals surface area contributed by atoms with Crippen molar-refractivity contribution in [1.29, 1.82) is 0 Å². The number of hydrazone groups is 1. The summed E-state index contributed by atoms with van der Waals surface area (Å²) >= 11 is 0. The minimum absolute atomic E-state index is 0.186. The van der Waals surface area contributed by atoms with E-state index in [1.54, 1.807) is 12.4 Å². The van der Waals surface area contributed by atoms with Crippen LogP contribution in [-0.2, 0) is 4.79 Å². The van der Waals surface area contributed by atoms with Gasteiger partial charge >= 0.3 is 0 Å². The minimum atomic E-state index is -0.187. The van der Waals surface area contributed by atoms with Gasteiger partial charge in [0.1, 0.15) is 0 Å². The highest BCUT2D eigenvalue weighted by molar-refractivity contribution is 5.83. The lowest BCUT2D eigenvalue weighted by molar-refractivity contribution is -0.119. The Morgan fingerprint density at radius 2 is 2.20 bits per heavy atom. The first-order chi connectivity index (χ1) is 9.65. The number of hydrogen-bond donors (Lipinski definition) is 3. The lowest BCUT2D eigenvalue weighted by Crippen LogP contribution is -2.26. The third-order valence-corrected chi connectivity index (χ3v) is 2.84. The molecular formula is C15H18N4O. The van der Waals surface area contributed by atoms with Crippen molar-refractivity contribution in [1.82, 2.24) is 10.4 Å². The molecule has 20 heavy (non-hydrogen) atoms. The predicted molar refractivity (Wildman–Crippen MR) is 80.9 cm³/mol. The van der Waals surface area contributed by atoms with Gasteiger partial charge in [-0.2, -0.15) is 5.10 Å². The SMILES string of the molecule is Cc1ccc(NCC(=O)NN=Cc2ccc[nH]2)c(C)c1. The monoisotopic (exact) mass is 270 g/mol. The van der Waals surface area contributed by atoms with Gasteiger partial charge in [-0.15, -0.1) is 0 Å². The van der Waals surface area contributed by atoms with E-state index in [9.17, 15) is 4.79 Å². The molecule has 2 aromatic rings. The molecule has 0 bridgehead atoms. The first-order valence-electron chi connectivity index (χ1n) is 6.41. The number of rotatable bonds is 5. The third-order valence-electron chi connectivity index (χ3n) is 2.84. The number of H-pyrrole nitrogens is 1. The van der Waals surface area contributed by atoms with E-state index in [-0.39, 0.29) is 12.5 Å². The molecule has 1 aromatic heterocycles. The quantitative estimate of drug-likeness (QED) is 0.576. The number of aromatic amines is 1. The van der Waals surface area contributed by atoms with Crippen molar-refractivity contribution in [3.05, 3.63) is 53.3 Å². The maximum absolute atomic E-state index is 11.6. The second kappa shape index (κ2) is 6.56. The summed E-state index contributed by atoms with van der Waals surface area (Å²) in [5, 5.41) is 6.96. The average molecular weight is 270 g/mol. The number of hydrogen-bond acceptors (Lipinski definition) is 3. The van der Waals surface area contributed by atoms with E-state index in [1.807, 2.05) is 38.1 Å². The van der Waals surface area contributed by atoms with Gasteiger partial charge < -0.3 is 10.3 Å². The molecule has 1 aromatic carbocycles. The van der Waals surface area contributed by atoms with Crippen molar-refractivity contribution in [3.63, 3.8) is 0 Å². The van der Waals surface area contributed by atoms with Gasteiger partial charge in [0.15, 0.2) is 0 Å². The summed E-state index contributed by atoms with van der Waals surface area (Å²) in [4.78, 5) is 14.6. The van der Waals surface area contributed by atoms with Crippen LogP contribution < -0.4 is 10.7 Å². The third kappa shape index (κ3) is 3.98. The highest BCUT2D eigenvalue weighted by atomic mass is 16.2. The molecule has 0 aliphatic heterocycles. The normalized spacial score (nSPS) is 10.7. The Bertz CT molecular complexity index is 602. The molecule has 0 spiro atoms. The summed E-state index contributed by atoms with van der Waals surface area (Å²) in [6.07, 6.45) is 3.36. The highest BCUT2D eigenvalue weighted by Crippen LogP contribution is 2.15. The number of carbonyl (C=O) groups is 1. The second-order valence-electron chi connectivity index (χ2n) is 4.59. The minimum Gasteiger partial charge on any atom is -0.376 e. The standard InChI is InChI=1S/C15H18N4O/c1-11-5-6-14(12(2)8-11)17-10-15(20)19-18-9-13-4-3-7-16-13/h3-9,16-17H,10H2,1-2H3,(H,19,20). The van der Waals surface area contributed by atoms with Crippen molar-refractivity contribution in [2.45, 2.75) is 13.8 Å². The van der Waals surface area contributed by atoms with Crippen molar-refractivity contribution in [3.8, 4) is 0 Å². The fourth-order valence-electron chi connectivity index (χ4n) is 1.83. The summed E-state index contributed by atoms with van der Waals surface area (Å²) < 4.78 is 0. The van der Waals surface area contributed by atoms with Gasteiger partial charge in [-0.1, -0.05) is 17.7 Å². The van der Waals surface area contributed by atoms with E-state index in [2.05, 4.69) is 26.9 Å². The van der Waals surface area contributed by atoms with E-state index < -0.39 is 0 Å². The number of nitrogens with one attached hydrogen (secondary N) is 3. The van der Waals surface area contributed by atoms with Crippen LogP contribution in [0.3, 0.4) is 0 Å². The summed E-state index contributed by atoms with van der Waals surface area (Å²) in [7, 11) is 0. The number of amides is 1. The summed E-state index contributed by atoms with van der Waals surface area (Å²) in [5.74, 6) is -0.187. The van der Waals surface area contributed by atoms with Gasteiger partial charge in [-0.05, 0) is 37.6 Å². The fourth-order valence-corrected chi connectivity index (χ4v) is 1.83. The van der Waals surface area contributed by atoms with Crippen LogP contribution in [0.4, 0.5) is 5.69 Å². The lowest BCUT2D eigenvalue weighted by Gasteiger charge is -2.09. The molecule has 0 radical (unpaired) electrons. The van der Waals surface area contributed by atoms with E-state index >= 15 is 0 Å². The summed E-state index contributed by atoms with van der Waals surface area (Å²) in [5.41, 5.74) is 6.59. The van der Waals surface area contributed by atoms with Crippen molar-refractivity contribution >= 4 is 17.8 Å². The Hall–Kier alpha value is -2.56. The van der Waals surface area contributed by atoms with Crippen LogP contribution in [0, 0.1) is 13.8 Å². The molecule has 2 rings (SSSR count). The van der Waals surface area contributed by atoms with Crippen LogP contribution in [0.1, 0.15) is 16.8 Å². The van der Waals surface area contributed by atoms with Crippen LogP contribution in [-0.4, -0.2) is 23.7 Å². The smallest absolute Gasteiger partial charge is 0.259 e. The zero-order chi connectivity index (χ0) is 14.4. The molecular weight excluding hydrogens is 252 g/mol. The van der Waals surface area contributed by atoms with Crippen LogP contribution in [0.5, 0.6) is 0 Å². The Kier molecular flexibility index (Phi) is 4.55. The largest absolute Gasteiger partial charge is 0.376 e. The van der Waals surface area contributed by atoms with Crippen LogP contribution in [0.2, 0.25) is 0 Å². The zero-order valence-corrected chi connectivity index (χ0v) is 11.6. The van der Waals surface area contributed by atoms with E-state index in [4.69, 9.17) is 0 Å². The predicted octanol–water partition coefficient (Wildman–Crippen LogP) is 2.19. The Labute approximate surface area is 118 Å². The molecule has 0 atom stereocenters. The zero-order valence-electron chi connectivity index (χ0n) is 11.6. The fraction of sp³-hybridized carbons (Fsp3) is 0.200. The molecule has 5 nitrogen and oxygen atoms in total. The van der Waals surface area contributed by atoms with Gasteiger partial charge in [0.05, 0.1) is 18.5 Å². The molecule has 0 fully saturated rings. The number of aromatic nitrogens is 1. The summed E-state index contributed by atoms with van der Waals surface area (Å²) in [6.45, 7) is 4.24. The molecule has 0 saturated carbocycles. The number of anilines is 1. The average Bonchev–Trinajstić information content (AvgIpc) is 2.91. The van der Waals surface area contributed by atoms with Crippen molar-refractivity contribution in [2.24, 2.45) is 5.10 Å². The number of benzene rings is 1. The molecule has 3 N–H and O–H groups in total. The van der Waals surface area contributed by atoms with E-state index in [0.717, 1.165) is 16.9 Å². The maximum Gasteiger partial charge on any atom is 0.259 e. The first-order valence-corrected chi connectivity index (χ1v) is 6.41. The Morgan fingerprint density at radius 3 is 2.90 bits per heavy atom. The van der Waals surface area contributed by atoms with Gasteiger partial charge in [0.25, 0.3) is 5.91 Å². The molecule has 104 valence electrons. The van der Waals surface area contributed by atoms with Gasteiger partial charge in [0.2, 0.25) is 0 Å². The van der Waals surface area contributed by atoms with Crippen molar-refractivity contribution < 1.29 is 4.79 Å². The lowest BCUT2D eigenvalue weighted by atomic mass is 10.1. The Balaban J connectivity index is 1.80. The molecule has 5 heteroatoms. The van der Waals surface area contributed by atoms with E-state index in [0.29, 0.717) is 0 Å². The summed E-state index contributed by atoms with van der Waals surface area (Å²) in [6, 6.07) is 9.79. The van der Waals surface area contributed by atoms with Gasteiger partial charge in [0, 0.05) is 11.9 Å². The number of aryl methyl sites for hydroxylation is 2. The number of nitrogens with zero attached hydrogens (tertiary/aromatic N) is 1. The topological polar surface area (TPSA) is 69.3 Å². The number of carbonyl (C=O) groups excluding carboxylic acids is 1. The second-order valence-corrected chi connectivity index (χ2v) is 4.59. The molecule has 1 heterocycles. The van der Waals surface area contributed by atoms with Crippen LogP contribution in [0.15, 0.2) is 41.6 Å². The van der Waals surface area contributed by atoms with Gasteiger partial charge in [-0.25, -0.2) is 5.43 Å². The highest BCUT2D eigenvalue weighted by Gasteiger charge is 2.02. The molecule has 0 aliphatic rings. The van der Waals surface area contributed by atoms with Gasteiger partial charge in [-0.3, -0.25) is 4.79 Å². The van der Waals surface area contributed by atoms with E-state index in [1.165, 1.54) is 5.56 Å². The molecule has 0 aliphatic carbocycles. The van der Waals surface area contributed by atoms with Crippen molar-refractivity contribution in [2.75, 3.05) is 11.9 Å². The van der Waals surface area contributed by atoms with Crippen LogP contribution >= 0.6 is 0 Å². The van der Waals surface area contributed by atoms with Crippen LogP contribution in [0.25, 0.3) is 0 Å². The Morgan fingerprint density at radius 1 is 1.35 bits per heavy atom. The molecule has 0 unspecified atom stereocenters. The molecule has 0 saturated heterocycles. The first kappa shape index (κ1) is 13.9. The molecule has 1 amide bonds.